The van der Waals surface area contributed by atoms with E-state index in [4.69, 9.17) is 0 Å². The van der Waals surface area contributed by atoms with Gasteiger partial charge < -0.3 is 10.4 Å². The maximum absolute atomic E-state index is 13.1. The number of aromatic hydroxyl groups is 1. The van der Waals surface area contributed by atoms with E-state index in [9.17, 15) is 18.3 Å². The SMILES string of the molecule is Oc1c(C(Nc2cccc(C(F)(F)F)c2)c2ccc[nH+]c2)ccc2cccnc12. The molecule has 3 N–H and O–H groups in total. The molecule has 146 valence electrons. The number of phenolic OH excluding ortho intramolecular Hbond substituents is 1. The fourth-order valence-corrected chi connectivity index (χ4v) is 3.26. The van der Waals surface area contributed by atoms with Crippen molar-refractivity contribution in [1.82, 2.24) is 4.98 Å². The van der Waals surface area contributed by atoms with Crippen LogP contribution in [-0.2, 0) is 6.18 Å². The Morgan fingerprint density at radius 3 is 2.62 bits per heavy atom. The van der Waals surface area contributed by atoms with Crippen LogP contribution in [0.4, 0.5) is 18.9 Å². The maximum atomic E-state index is 13.1. The van der Waals surface area contributed by atoms with E-state index < -0.39 is 17.8 Å². The molecular formula is C22H17F3N3O+. The fourth-order valence-electron chi connectivity index (χ4n) is 3.26. The number of fused-ring (bicyclic) bond motifs is 1. The third-order valence-electron chi connectivity index (χ3n) is 4.66. The van der Waals surface area contributed by atoms with Crippen LogP contribution < -0.4 is 10.3 Å². The number of nitrogens with zero attached hydrogens (tertiary/aromatic N) is 1. The molecule has 0 fully saturated rings. The summed E-state index contributed by atoms with van der Waals surface area (Å²) in [7, 11) is 0. The monoisotopic (exact) mass is 396 g/mol. The van der Waals surface area contributed by atoms with Crippen molar-refractivity contribution in [2.24, 2.45) is 0 Å². The smallest absolute Gasteiger partial charge is 0.416 e. The Morgan fingerprint density at radius 1 is 1.00 bits per heavy atom. The van der Waals surface area contributed by atoms with Gasteiger partial charge in [0.2, 0.25) is 0 Å². The molecule has 0 radical (unpaired) electrons. The summed E-state index contributed by atoms with van der Waals surface area (Å²) in [6.07, 6.45) is 0.597. The number of hydrogen-bond acceptors (Lipinski definition) is 3. The third-order valence-corrected chi connectivity index (χ3v) is 4.66. The molecule has 0 saturated heterocycles. The van der Waals surface area contributed by atoms with Gasteiger partial charge in [-0.3, -0.25) is 4.98 Å². The van der Waals surface area contributed by atoms with E-state index in [2.05, 4.69) is 15.3 Å². The zero-order valence-electron chi connectivity index (χ0n) is 15.1. The van der Waals surface area contributed by atoms with Crippen LogP contribution in [0, 0.1) is 0 Å². The summed E-state index contributed by atoms with van der Waals surface area (Å²) in [5.74, 6) is -0.0172. The number of halogens is 3. The first-order valence-electron chi connectivity index (χ1n) is 8.90. The van der Waals surface area contributed by atoms with E-state index in [1.807, 2.05) is 18.2 Å². The first-order valence-corrected chi connectivity index (χ1v) is 8.90. The summed E-state index contributed by atoms with van der Waals surface area (Å²) in [6, 6.07) is 15.2. The Hall–Kier alpha value is -3.61. The lowest BCUT2D eigenvalue weighted by molar-refractivity contribution is -0.378. The minimum Gasteiger partial charge on any atom is -0.505 e. The predicted molar refractivity (Wildman–Crippen MR) is 103 cm³/mol. The van der Waals surface area contributed by atoms with E-state index in [1.165, 1.54) is 6.07 Å². The zero-order valence-corrected chi connectivity index (χ0v) is 15.1. The molecule has 0 aliphatic heterocycles. The topological polar surface area (TPSA) is 59.3 Å². The second-order valence-electron chi connectivity index (χ2n) is 6.57. The molecule has 0 aliphatic rings. The lowest BCUT2D eigenvalue weighted by Crippen LogP contribution is -2.16. The molecule has 0 saturated carbocycles. The molecule has 7 heteroatoms. The van der Waals surface area contributed by atoms with Crippen molar-refractivity contribution in [2.45, 2.75) is 12.2 Å². The molecular weight excluding hydrogens is 379 g/mol. The number of alkyl halides is 3. The number of rotatable bonds is 4. The van der Waals surface area contributed by atoms with E-state index in [0.717, 1.165) is 23.1 Å². The van der Waals surface area contributed by atoms with Crippen molar-refractivity contribution in [2.75, 3.05) is 5.32 Å². The standard InChI is InChI=1S/C22H16F3N3O/c23-22(24,25)16-6-1-7-17(12-16)28-19(15-5-2-10-26-13-15)18-9-8-14-4-3-11-27-20(14)21(18)29/h1-13,19,28-29H/p+1. The quantitative estimate of drug-likeness (QED) is 0.512. The van der Waals surface area contributed by atoms with Crippen LogP contribution in [-0.4, -0.2) is 10.1 Å². The van der Waals surface area contributed by atoms with Gasteiger partial charge in [0.25, 0.3) is 0 Å². The van der Waals surface area contributed by atoms with E-state index in [1.54, 1.807) is 42.9 Å². The summed E-state index contributed by atoms with van der Waals surface area (Å²) in [5, 5.41) is 14.7. The van der Waals surface area contributed by atoms with Gasteiger partial charge >= 0.3 is 6.18 Å². The third kappa shape index (κ3) is 3.85. The average molecular weight is 396 g/mol. The summed E-state index contributed by atoms with van der Waals surface area (Å²) in [5.41, 5.74) is 1.23. The number of pyridine rings is 2. The maximum Gasteiger partial charge on any atom is 0.416 e. The number of phenols is 1. The fraction of sp³-hybridized carbons (Fsp3) is 0.0909. The average Bonchev–Trinajstić information content (AvgIpc) is 2.73. The lowest BCUT2D eigenvalue weighted by atomic mass is 9.97. The minimum atomic E-state index is -4.44. The van der Waals surface area contributed by atoms with Gasteiger partial charge in [0.05, 0.1) is 11.6 Å². The number of aromatic amines is 1. The van der Waals surface area contributed by atoms with Gasteiger partial charge in [-0.25, -0.2) is 4.98 Å². The molecule has 1 unspecified atom stereocenters. The Morgan fingerprint density at radius 2 is 1.86 bits per heavy atom. The van der Waals surface area contributed by atoms with Crippen LogP contribution in [0.2, 0.25) is 0 Å². The number of nitrogens with one attached hydrogen (secondary N) is 2. The van der Waals surface area contributed by atoms with Crippen molar-refractivity contribution < 1.29 is 23.3 Å². The summed E-state index contributed by atoms with van der Waals surface area (Å²) in [6.45, 7) is 0. The van der Waals surface area contributed by atoms with E-state index >= 15 is 0 Å². The van der Waals surface area contributed by atoms with Gasteiger partial charge in [0, 0.05) is 34.5 Å². The molecule has 4 aromatic rings. The highest BCUT2D eigenvalue weighted by Gasteiger charge is 2.31. The number of hydrogen-bond donors (Lipinski definition) is 2. The number of H-pyrrole nitrogens is 1. The molecule has 2 heterocycles. The molecule has 1 atom stereocenters. The van der Waals surface area contributed by atoms with Crippen LogP contribution in [0.5, 0.6) is 5.75 Å². The first-order chi connectivity index (χ1) is 13.9. The molecule has 29 heavy (non-hydrogen) atoms. The molecule has 0 aliphatic carbocycles. The summed E-state index contributed by atoms with van der Waals surface area (Å²) < 4.78 is 39.3. The summed E-state index contributed by atoms with van der Waals surface area (Å²) in [4.78, 5) is 7.21. The molecule has 0 bridgehead atoms. The van der Waals surface area contributed by atoms with Crippen LogP contribution in [0.3, 0.4) is 0 Å². The van der Waals surface area contributed by atoms with Crippen LogP contribution >= 0.6 is 0 Å². The molecule has 0 amide bonds. The van der Waals surface area contributed by atoms with Crippen molar-refractivity contribution in [3.8, 4) is 5.75 Å². The van der Waals surface area contributed by atoms with Gasteiger partial charge in [-0.05, 0) is 30.3 Å². The Bertz CT molecular complexity index is 1150. The van der Waals surface area contributed by atoms with E-state index in [-0.39, 0.29) is 11.4 Å². The highest BCUT2D eigenvalue weighted by Crippen LogP contribution is 2.37. The number of anilines is 1. The van der Waals surface area contributed by atoms with Crippen molar-refractivity contribution in [3.05, 3.63) is 95.9 Å². The van der Waals surface area contributed by atoms with Crippen molar-refractivity contribution in [1.29, 1.82) is 0 Å². The van der Waals surface area contributed by atoms with Gasteiger partial charge in [-0.2, -0.15) is 13.2 Å². The lowest BCUT2D eigenvalue weighted by Gasteiger charge is -2.22. The van der Waals surface area contributed by atoms with Gasteiger partial charge in [-0.1, -0.05) is 24.3 Å². The highest BCUT2D eigenvalue weighted by atomic mass is 19.4. The van der Waals surface area contributed by atoms with Crippen LogP contribution in [0.1, 0.15) is 22.7 Å². The second-order valence-corrected chi connectivity index (χ2v) is 6.57. The van der Waals surface area contributed by atoms with Gasteiger partial charge in [0.15, 0.2) is 12.4 Å². The molecule has 4 nitrogen and oxygen atoms in total. The normalized spacial score (nSPS) is 12.7. The molecule has 0 spiro atoms. The second kappa shape index (κ2) is 7.43. The number of benzene rings is 2. The molecule has 2 aromatic carbocycles. The zero-order chi connectivity index (χ0) is 20.4. The van der Waals surface area contributed by atoms with Crippen LogP contribution in [0.15, 0.2) is 79.3 Å². The Kier molecular flexibility index (Phi) is 4.80. The number of aromatic nitrogens is 2. The minimum absolute atomic E-state index is 0.0172. The van der Waals surface area contributed by atoms with E-state index in [0.29, 0.717) is 11.1 Å². The Balaban J connectivity index is 1.81. The highest BCUT2D eigenvalue weighted by molar-refractivity contribution is 5.86. The molecule has 4 rings (SSSR count). The van der Waals surface area contributed by atoms with Gasteiger partial charge in [0.1, 0.15) is 11.3 Å². The Labute approximate surface area is 164 Å². The molecule has 2 aromatic heterocycles. The summed E-state index contributed by atoms with van der Waals surface area (Å²) >= 11 is 0. The van der Waals surface area contributed by atoms with Crippen molar-refractivity contribution in [3.63, 3.8) is 0 Å². The van der Waals surface area contributed by atoms with Crippen LogP contribution in [0.25, 0.3) is 10.9 Å². The largest absolute Gasteiger partial charge is 0.505 e. The first kappa shape index (κ1) is 18.7. The van der Waals surface area contributed by atoms with Gasteiger partial charge in [-0.15, -0.1) is 0 Å². The van der Waals surface area contributed by atoms with Crippen molar-refractivity contribution >= 4 is 16.6 Å². The predicted octanol–water partition coefficient (Wildman–Crippen LogP) is 4.97.